The molecule has 51 heavy (non-hydrogen) atoms. The van der Waals surface area contributed by atoms with Crippen molar-refractivity contribution in [2.75, 3.05) is 45.2 Å². The first kappa shape index (κ1) is 39.7. The van der Waals surface area contributed by atoms with Crippen LogP contribution in [0.4, 0.5) is 23.2 Å². The first-order valence-electron chi connectivity index (χ1n) is 17.8. The van der Waals surface area contributed by atoms with Crippen LogP contribution in [0.15, 0.2) is 87.7 Å². The number of amidine groups is 1. The molecule has 2 aliphatic rings. The number of fused-ring (bicyclic) bond motifs is 1. The number of piperazine rings is 1. The molecule has 2 heterocycles. The predicted octanol–water partition coefficient (Wildman–Crippen LogP) is 9.31. The molecule has 5 rings (SSSR count). The van der Waals surface area contributed by atoms with Gasteiger partial charge >= 0.3 is 6.18 Å². The van der Waals surface area contributed by atoms with Gasteiger partial charge in [-0.1, -0.05) is 75.8 Å². The molecule has 10 heteroatoms. The SMILES string of the molecule is C/C=C(\C)C1(n2cc(C(=NC)N=C(C(C)CC)C(C)(C)c3ccccc3)c(=O)c3cc(F)c(N4CCN(C)CC4)cc32)CC1.C=CCC(F)(F)F. The normalized spacial score (nSPS) is 18.0. The second-order valence-electron chi connectivity index (χ2n) is 14.3. The van der Waals surface area contributed by atoms with Gasteiger partial charge in [-0.15, -0.1) is 6.58 Å². The van der Waals surface area contributed by atoms with E-state index in [0.717, 1.165) is 68.3 Å². The number of pyridine rings is 1. The molecular weight excluding hydrogens is 654 g/mol. The van der Waals surface area contributed by atoms with E-state index in [1.54, 1.807) is 7.05 Å². The van der Waals surface area contributed by atoms with E-state index in [-0.39, 0.29) is 28.1 Å². The average Bonchev–Trinajstić information content (AvgIpc) is 3.91. The van der Waals surface area contributed by atoms with Gasteiger partial charge in [-0.3, -0.25) is 9.79 Å². The van der Waals surface area contributed by atoms with Gasteiger partial charge < -0.3 is 14.4 Å². The van der Waals surface area contributed by atoms with E-state index in [9.17, 15) is 18.0 Å². The minimum Gasteiger partial charge on any atom is -0.367 e. The summed E-state index contributed by atoms with van der Waals surface area (Å²) >= 11 is 0. The number of halogens is 4. The molecule has 0 N–H and O–H groups in total. The Morgan fingerprint density at radius 2 is 1.71 bits per heavy atom. The lowest BCUT2D eigenvalue weighted by Crippen LogP contribution is -2.44. The smallest absolute Gasteiger partial charge is 0.367 e. The van der Waals surface area contributed by atoms with Gasteiger partial charge in [-0.25, -0.2) is 9.38 Å². The average molecular weight is 708 g/mol. The third-order valence-corrected chi connectivity index (χ3v) is 10.5. The van der Waals surface area contributed by atoms with Crippen molar-refractivity contribution in [1.82, 2.24) is 9.47 Å². The Bertz CT molecular complexity index is 1840. The van der Waals surface area contributed by atoms with Gasteiger partial charge in [-0.2, -0.15) is 13.2 Å². The quantitative estimate of drug-likeness (QED) is 0.0965. The molecule has 6 nitrogen and oxygen atoms in total. The topological polar surface area (TPSA) is 53.2 Å². The van der Waals surface area contributed by atoms with Gasteiger partial charge in [0.25, 0.3) is 0 Å². The maximum absolute atomic E-state index is 15.9. The standard InChI is InChI=1S/C37H48FN5O.C4H5F3/c1-9-25(3)34(36(5,6)27-14-12-11-13-15-27)40-35(39-7)29-24-43(37(16-17-37)26(4)10-2)31-23-32(30(38)22-28(31)33(29)44)42-20-18-41(8)19-21-42;1-2-3-4(5,6)7/h10-15,22-25H,9,16-21H2,1-8H3;2H,1,3H2/b26-10+,39-35?,40-34?;. The van der Waals surface area contributed by atoms with E-state index in [1.807, 2.05) is 30.5 Å². The lowest BCUT2D eigenvalue weighted by Gasteiger charge is -2.34. The molecule has 1 aliphatic heterocycles. The van der Waals surface area contributed by atoms with E-state index in [4.69, 9.17) is 4.99 Å². The molecule has 0 spiro atoms. The number of nitrogens with zero attached hydrogens (tertiary/aromatic N) is 5. The van der Waals surface area contributed by atoms with E-state index < -0.39 is 12.6 Å². The molecule has 0 amide bonds. The van der Waals surface area contributed by atoms with Crippen molar-refractivity contribution in [3.8, 4) is 0 Å². The van der Waals surface area contributed by atoms with Crippen LogP contribution < -0.4 is 10.3 Å². The van der Waals surface area contributed by atoms with Gasteiger partial charge in [0.05, 0.1) is 28.7 Å². The zero-order valence-electron chi connectivity index (χ0n) is 31.4. The maximum atomic E-state index is 15.9. The first-order chi connectivity index (χ1) is 24.0. The van der Waals surface area contributed by atoms with Crippen LogP contribution in [0.3, 0.4) is 0 Å². The van der Waals surface area contributed by atoms with Gasteiger partial charge in [0.1, 0.15) is 5.82 Å². The van der Waals surface area contributed by atoms with Gasteiger partial charge in [-0.05, 0) is 63.8 Å². The fourth-order valence-corrected chi connectivity index (χ4v) is 6.92. The minimum atomic E-state index is -4.07. The summed E-state index contributed by atoms with van der Waals surface area (Å²) in [6, 6.07) is 13.7. The lowest BCUT2D eigenvalue weighted by atomic mass is 9.74. The van der Waals surface area contributed by atoms with Crippen LogP contribution in [0.5, 0.6) is 0 Å². The summed E-state index contributed by atoms with van der Waals surface area (Å²) in [5.74, 6) is 0.190. The fourth-order valence-electron chi connectivity index (χ4n) is 6.92. The van der Waals surface area contributed by atoms with Crippen LogP contribution in [-0.2, 0) is 11.0 Å². The summed E-state index contributed by atoms with van der Waals surface area (Å²) in [5, 5.41) is 0.372. The Labute approximate surface area is 300 Å². The summed E-state index contributed by atoms with van der Waals surface area (Å²) in [7, 11) is 3.78. The minimum absolute atomic E-state index is 0.160. The summed E-state index contributed by atoms with van der Waals surface area (Å²) in [6.45, 7) is 19.1. The van der Waals surface area contributed by atoms with Gasteiger partial charge in [0, 0.05) is 55.9 Å². The molecule has 2 fully saturated rings. The number of aliphatic imine (C=N–C) groups is 2. The van der Waals surface area contributed by atoms with Crippen molar-refractivity contribution in [3.05, 3.63) is 100 Å². The summed E-state index contributed by atoms with van der Waals surface area (Å²) in [5.41, 5.74) is 4.23. The lowest BCUT2D eigenvalue weighted by molar-refractivity contribution is -0.124. The zero-order chi connectivity index (χ0) is 37.7. The largest absolute Gasteiger partial charge is 0.392 e. The molecule has 1 unspecified atom stereocenters. The maximum Gasteiger partial charge on any atom is 0.392 e. The fraction of sp³-hybridized carbons (Fsp3) is 0.488. The Hall–Kier alpha value is -4.05. The van der Waals surface area contributed by atoms with E-state index in [2.05, 4.69) is 92.7 Å². The highest BCUT2D eigenvalue weighted by atomic mass is 19.4. The van der Waals surface area contributed by atoms with Crippen molar-refractivity contribution in [1.29, 1.82) is 0 Å². The molecule has 1 saturated heterocycles. The van der Waals surface area contributed by atoms with Gasteiger partial charge in [0.15, 0.2) is 5.84 Å². The first-order valence-corrected chi connectivity index (χ1v) is 17.8. The molecule has 0 radical (unpaired) electrons. The number of rotatable bonds is 9. The van der Waals surface area contributed by atoms with E-state index >= 15 is 4.39 Å². The highest BCUT2D eigenvalue weighted by Gasteiger charge is 2.46. The van der Waals surface area contributed by atoms with Gasteiger partial charge in [0.2, 0.25) is 5.43 Å². The monoisotopic (exact) mass is 707 g/mol. The molecule has 2 aromatic carbocycles. The third kappa shape index (κ3) is 8.71. The number of hydrogen-bond donors (Lipinski definition) is 0. The molecule has 0 bridgehead atoms. The van der Waals surface area contributed by atoms with E-state index in [0.29, 0.717) is 22.5 Å². The predicted molar refractivity (Wildman–Crippen MR) is 204 cm³/mol. The van der Waals surface area contributed by atoms with E-state index in [1.165, 1.54) is 11.6 Å². The van der Waals surface area contributed by atoms with Crippen molar-refractivity contribution < 1.29 is 17.6 Å². The van der Waals surface area contributed by atoms with Crippen molar-refractivity contribution in [3.63, 3.8) is 0 Å². The molecule has 1 aliphatic carbocycles. The zero-order valence-corrected chi connectivity index (χ0v) is 31.4. The summed E-state index contributed by atoms with van der Waals surface area (Å²) in [6.07, 6.45) is 2.79. The second kappa shape index (κ2) is 16.1. The van der Waals surface area contributed by atoms with Crippen LogP contribution in [0.2, 0.25) is 0 Å². The molecule has 1 aromatic heterocycles. The second-order valence-corrected chi connectivity index (χ2v) is 14.3. The Morgan fingerprint density at radius 1 is 1.08 bits per heavy atom. The van der Waals surface area contributed by atoms with Crippen LogP contribution >= 0.6 is 0 Å². The van der Waals surface area contributed by atoms with Crippen molar-refractivity contribution in [2.24, 2.45) is 15.9 Å². The molecule has 276 valence electrons. The number of anilines is 1. The summed E-state index contributed by atoms with van der Waals surface area (Å²) < 4.78 is 51.1. The number of likely N-dealkylation sites (N-methyl/N-ethyl adjacent to an activating group) is 1. The molecule has 1 saturated carbocycles. The Kier molecular flexibility index (Phi) is 12.5. The highest BCUT2D eigenvalue weighted by Crippen LogP contribution is 2.51. The van der Waals surface area contributed by atoms with Crippen molar-refractivity contribution in [2.45, 2.75) is 84.4 Å². The number of benzene rings is 2. The third-order valence-electron chi connectivity index (χ3n) is 10.5. The molecule has 1 atom stereocenters. The molecule has 3 aromatic rings. The van der Waals surface area contributed by atoms with Crippen LogP contribution in [0.25, 0.3) is 10.9 Å². The Morgan fingerprint density at radius 3 is 2.20 bits per heavy atom. The van der Waals surface area contributed by atoms with Crippen LogP contribution in [-0.4, -0.2) is 67.5 Å². The Balaban J connectivity index is 0.000000755. The van der Waals surface area contributed by atoms with Crippen molar-refractivity contribution >= 4 is 28.1 Å². The van der Waals surface area contributed by atoms with Crippen LogP contribution in [0, 0.1) is 11.7 Å². The number of hydrogen-bond acceptors (Lipinski definition) is 4. The number of alkyl halides is 3. The van der Waals surface area contributed by atoms with Crippen LogP contribution in [0.1, 0.15) is 78.4 Å². The summed E-state index contributed by atoms with van der Waals surface area (Å²) in [4.78, 5) is 28.5. The highest BCUT2D eigenvalue weighted by molar-refractivity contribution is 6.11. The molecular formula is C41H53F4N5O. The number of aromatic nitrogens is 1. The number of allylic oxidation sites excluding steroid dienone is 3.